The number of piperidine rings is 1. The molecule has 0 unspecified atom stereocenters. The van der Waals surface area contributed by atoms with E-state index >= 15 is 0 Å². The van der Waals surface area contributed by atoms with Gasteiger partial charge < -0.3 is 15.0 Å². The third kappa shape index (κ3) is 3.05. The van der Waals surface area contributed by atoms with Crippen LogP contribution in [-0.2, 0) is 4.79 Å². The van der Waals surface area contributed by atoms with Gasteiger partial charge in [-0.05, 0) is 55.9 Å². The normalized spacial score (nSPS) is 25.1. The fourth-order valence-corrected chi connectivity index (χ4v) is 4.05. The number of likely N-dealkylation sites (tertiary alicyclic amines) is 1. The van der Waals surface area contributed by atoms with Crippen molar-refractivity contribution in [2.75, 3.05) is 6.54 Å². The highest BCUT2D eigenvalue weighted by atomic mass is 16.5. The van der Waals surface area contributed by atoms with E-state index in [1.54, 1.807) is 17.2 Å². The Bertz CT molecular complexity index is 1010. The Balaban J connectivity index is 1.31. The maximum Gasteiger partial charge on any atom is 0.252 e. The maximum atomic E-state index is 12.8. The molecule has 3 atom stereocenters. The molecule has 1 saturated heterocycles. The van der Waals surface area contributed by atoms with Gasteiger partial charge in [-0.15, -0.1) is 0 Å². The fraction of sp³-hybridized carbons (Fsp3) is 0.429. The lowest BCUT2D eigenvalue weighted by molar-refractivity contribution is -0.131. The predicted molar refractivity (Wildman–Crippen MR) is 100 cm³/mol. The molecule has 2 aliphatic carbocycles. The molecule has 1 N–H and O–H groups in total. The average molecular weight is 376 g/mol. The molecule has 5 rings (SSSR count). The smallest absolute Gasteiger partial charge is 0.252 e. The van der Waals surface area contributed by atoms with Crippen molar-refractivity contribution in [2.45, 2.75) is 43.9 Å². The minimum absolute atomic E-state index is 0.109. The number of hydrogen-bond donors (Lipinski definition) is 1. The Kier molecular flexibility index (Phi) is 3.93. The van der Waals surface area contributed by atoms with Crippen LogP contribution in [0.4, 0.5) is 0 Å². The highest BCUT2D eigenvalue weighted by Crippen LogP contribution is 2.47. The molecule has 28 heavy (non-hydrogen) atoms. The number of nitrogens with zero attached hydrogens (tertiary/aromatic N) is 3. The maximum absolute atomic E-state index is 12.8. The number of pyridine rings is 1. The number of carbonyl (C=O) groups is 2. The van der Waals surface area contributed by atoms with Crippen LogP contribution in [0.25, 0.3) is 10.9 Å². The van der Waals surface area contributed by atoms with E-state index < -0.39 is 0 Å². The summed E-state index contributed by atoms with van der Waals surface area (Å²) in [4.78, 5) is 31.3. The number of aromatic nitrogens is 1. The molecule has 1 aromatic heterocycles. The van der Waals surface area contributed by atoms with Gasteiger partial charge in [-0.25, -0.2) is 0 Å². The number of benzene rings is 1. The lowest BCUT2D eigenvalue weighted by Crippen LogP contribution is -2.44. The van der Waals surface area contributed by atoms with Crippen LogP contribution < -0.4 is 10.1 Å². The van der Waals surface area contributed by atoms with E-state index in [0.29, 0.717) is 22.4 Å². The summed E-state index contributed by atoms with van der Waals surface area (Å²) in [5, 5.41) is 12.7. The molecule has 3 fully saturated rings. The zero-order valence-corrected chi connectivity index (χ0v) is 15.3. The Morgan fingerprint density at radius 1 is 1.29 bits per heavy atom. The first-order valence-electron chi connectivity index (χ1n) is 9.68. The van der Waals surface area contributed by atoms with Crippen molar-refractivity contribution in [2.24, 2.45) is 5.92 Å². The second-order valence-electron chi connectivity index (χ2n) is 7.78. The Morgan fingerprint density at radius 3 is 2.93 bits per heavy atom. The lowest BCUT2D eigenvalue weighted by atomic mass is 10.1. The van der Waals surface area contributed by atoms with E-state index in [1.165, 1.54) is 0 Å². The first-order chi connectivity index (χ1) is 13.6. The van der Waals surface area contributed by atoms with Gasteiger partial charge in [-0.1, -0.05) is 0 Å². The number of ether oxygens (including phenoxy) is 1. The van der Waals surface area contributed by atoms with Gasteiger partial charge in [0.25, 0.3) is 5.91 Å². The van der Waals surface area contributed by atoms with E-state index in [0.717, 1.165) is 31.4 Å². The molecule has 0 spiro atoms. The van der Waals surface area contributed by atoms with E-state index in [2.05, 4.69) is 16.4 Å². The Labute approximate surface area is 162 Å². The molecular weight excluding hydrogens is 356 g/mol. The number of nitriles is 1. The molecule has 2 heterocycles. The first kappa shape index (κ1) is 17.0. The molecule has 2 aromatic rings. The molecule has 1 aliphatic heterocycles. The summed E-state index contributed by atoms with van der Waals surface area (Å²) in [5.41, 5.74) is 1.16. The summed E-state index contributed by atoms with van der Waals surface area (Å²) >= 11 is 0. The van der Waals surface area contributed by atoms with E-state index in [-0.39, 0.29) is 36.5 Å². The van der Waals surface area contributed by atoms with Gasteiger partial charge >= 0.3 is 0 Å². The molecule has 0 radical (unpaired) electrons. The zero-order valence-electron chi connectivity index (χ0n) is 15.3. The van der Waals surface area contributed by atoms with E-state index in [9.17, 15) is 14.9 Å². The molecular formula is C21H20N4O3. The number of amides is 2. The summed E-state index contributed by atoms with van der Waals surface area (Å²) in [6.07, 6.45) is 5.69. The van der Waals surface area contributed by atoms with Gasteiger partial charge in [-0.3, -0.25) is 14.6 Å². The van der Waals surface area contributed by atoms with Gasteiger partial charge in [-0.2, -0.15) is 5.26 Å². The van der Waals surface area contributed by atoms with Crippen LogP contribution in [0, 0.1) is 17.2 Å². The van der Waals surface area contributed by atoms with Crippen molar-refractivity contribution >= 4 is 22.7 Å². The Morgan fingerprint density at radius 2 is 2.14 bits per heavy atom. The molecule has 3 aliphatic rings. The Hall–Kier alpha value is -3.14. The first-order valence-corrected chi connectivity index (χ1v) is 9.68. The topological polar surface area (TPSA) is 95.3 Å². The van der Waals surface area contributed by atoms with Crippen molar-refractivity contribution in [1.82, 2.24) is 15.2 Å². The average Bonchev–Trinajstić information content (AvgIpc) is 3.64. The number of fused-ring (bicyclic) bond motifs is 2. The van der Waals surface area contributed by atoms with Gasteiger partial charge in [0.1, 0.15) is 11.8 Å². The molecule has 142 valence electrons. The van der Waals surface area contributed by atoms with Crippen LogP contribution in [0.15, 0.2) is 30.5 Å². The minimum Gasteiger partial charge on any atom is -0.490 e. The van der Waals surface area contributed by atoms with Crippen molar-refractivity contribution in [3.8, 4) is 11.8 Å². The van der Waals surface area contributed by atoms with Crippen LogP contribution in [0.1, 0.15) is 36.0 Å². The van der Waals surface area contributed by atoms with Crippen LogP contribution in [0.5, 0.6) is 5.75 Å². The van der Waals surface area contributed by atoms with Crippen LogP contribution >= 0.6 is 0 Å². The van der Waals surface area contributed by atoms with Crippen molar-refractivity contribution in [1.29, 1.82) is 5.26 Å². The summed E-state index contributed by atoms with van der Waals surface area (Å²) in [6.45, 7) is -0.109. The second kappa shape index (κ2) is 6.48. The summed E-state index contributed by atoms with van der Waals surface area (Å²) < 4.78 is 5.82. The summed E-state index contributed by atoms with van der Waals surface area (Å²) in [5.74, 6) is 0.658. The standard InChI is InChI=1S/C21H20N4O3/c22-10-13-7-12-8-19(12)25(13)20(26)11-24-21(27)16-5-6-23-18-4-3-15(9-17(16)18)28-14-1-2-14/h3-6,9,12-14,19H,1-2,7-8,11H2,(H,24,27)/t12-,13+,19+/m1/s1. The fourth-order valence-electron chi connectivity index (χ4n) is 4.05. The van der Waals surface area contributed by atoms with Gasteiger partial charge in [0.2, 0.25) is 5.91 Å². The molecule has 2 amide bonds. The number of carbonyl (C=O) groups excluding carboxylic acids is 2. The minimum atomic E-state index is -0.364. The molecule has 2 saturated carbocycles. The van der Waals surface area contributed by atoms with Gasteiger partial charge in [0.15, 0.2) is 0 Å². The highest BCUT2D eigenvalue weighted by Gasteiger charge is 2.53. The number of nitrogens with one attached hydrogen (secondary N) is 1. The quantitative estimate of drug-likeness (QED) is 0.861. The number of rotatable bonds is 5. The summed E-state index contributed by atoms with van der Waals surface area (Å²) in [6, 6.07) is 9.19. The SMILES string of the molecule is N#C[C@@H]1C[C@@H]2C[C@@H]2N1C(=O)CNC(=O)c1ccnc2ccc(OC3CC3)cc12. The van der Waals surface area contributed by atoms with Crippen LogP contribution in [0.2, 0.25) is 0 Å². The van der Waals surface area contributed by atoms with Crippen molar-refractivity contribution in [3.63, 3.8) is 0 Å². The molecule has 7 heteroatoms. The third-order valence-electron chi connectivity index (χ3n) is 5.73. The van der Waals surface area contributed by atoms with Gasteiger partial charge in [0, 0.05) is 17.6 Å². The van der Waals surface area contributed by atoms with Crippen LogP contribution in [0.3, 0.4) is 0 Å². The van der Waals surface area contributed by atoms with E-state index in [1.807, 2.05) is 18.2 Å². The largest absolute Gasteiger partial charge is 0.490 e. The molecule has 1 aromatic carbocycles. The zero-order chi connectivity index (χ0) is 19.3. The van der Waals surface area contributed by atoms with Gasteiger partial charge in [0.05, 0.1) is 29.8 Å². The predicted octanol–water partition coefficient (Wildman–Crippen LogP) is 2.02. The highest BCUT2D eigenvalue weighted by molar-refractivity contribution is 6.07. The van der Waals surface area contributed by atoms with Crippen LogP contribution in [-0.4, -0.2) is 46.4 Å². The monoisotopic (exact) mass is 376 g/mol. The molecule has 0 bridgehead atoms. The third-order valence-corrected chi connectivity index (χ3v) is 5.73. The molecule has 7 nitrogen and oxygen atoms in total. The second-order valence-corrected chi connectivity index (χ2v) is 7.78. The lowest BCUT2D eigenvalue weighted by Gasteiger charge is -2.22. The van der Waals surface area contributed by atoms with Crippen molar-refractivity contribution < 1.29 is 14.3 Å². The van der Waals surface area contributed by atoms with E-state index in [4.69, 9.17) is 4.74 Å². The summed E-state index contributed by atoms with van der Waals surface area (Å²) in [7, 11) is 0. The van der Waals surface area contributed by atoms with Crippen molar-refractivity contribution in [3.05, 3.63) is 36.0 Å². The number of hydrogen-bond acceptors (Lipinski definition) is 5.